The second-order valence-electron chi connectivity index (χ2n) is 5.16. The number of hydrogen-bond donors (Lipinski definition) is 2. The van der Waals surface area contributed by atoms with E-state index >= 15 is 0 Å². The molecule has 1 aromatic rings. The van der Waals surface area contributed by atoms with Crippen molar-refractivity contribution in [2.45, 2.75) is 39.7 Å². The highest BCUT2D eigenvalue weighted by Gasteiger charge is 2.26. The molecule has 1 aliphatic rings. The quantitative estimate of drug-likeness (QED) is 0.873. The Morgan fingerprint density at radius 1 is 1.53 bits per heavy atom. The fourth-order valence-corrected chi connectivity index (χ4v) is 3.45. The standard InChI is InChI=1S/C14H19N3OS/c1-8-6-11(4-5-16-8)13(18)17-14-12(7-15)9(2)10(3)19-14/h8,11,16H,4-6H2,1-3H3,(H,17,18). The molecular formula is C14H19N3OS. The molecule has 1 amide bonds. The number of nitriles is 1. The summed E-state index contributed by atoms with van der Waals surface area (Å²) in [5.41, 5.74) is 1.58. The van der Waals surface area contributed by atoms with Crippen LogP contribution in [0.25, 0.3) is 0 Å². The zero-order chi connectivity index (χ0) is 14.0. The van der Waals surface area contributed by atoms with Crippen LogP contribution < -0.4 is 10.6 Å². The van der Waals surface area contributed by atoms with Gasteiger partial charge in [0, 0.05) is 16.8 Å². The Balaban J connectivity index is 2.11. The van der Waals surface area contributed by atoms with Crippen molar-refractivity contribution in [1.82, 2.24) is 5.32 Å². The third kappa shape index (κ3) is 2.96. The van der Waals surface area contributed by atoms with Crippen molar-refractivity contribution in [1.29, 1.82) is 5.26 Å². The van der Waals surface area contributed by atoms with Crippen molar-refractivity contribution >= 4 is 22.2 Å². The van der Waals surface area contributed by atoms with E-state index in [1.54, 1.807) is 0 Å². The second-order valence-corrected chi connectivity index (χ2v) is 6.39. The predicted octanol–water partition coefficient (Wildman–Crippen LogP) is 2.56. The van der Waals surface area contributed by atoms with Gasteiger partial charge in [-0.15, -0.1) is 11.3 Å². The van der Waals surface area contributed by atoms with Gasteiger partial charge in [-0.05, 0) is 45.7 Å². The summed E-state index contributed by atoms with van der Waals surface area (Å²) in [6, 6.07) is 2.57. The molecule has 19 heavy (non-hydrogen) atoms. The van der Waals surface area contributed by atoms with Crippen LogP contribution in [0.4, 0.5) is 5.00 Å². The van der Waals surface area contributed by atoms with Crippen LogP contribution in [-0.2, 0) is 4.79 Å². The Kier molecular flexibility index (Phi) is 4.23. The van der Waals surface area contributed by atoms with E-state index in [4.69, 9.17) is 0 Å². The maximum absolute atomic E-state index is 12.3. The summed E-state index contributed by atoms with van der Waals surface area (Å²) >= 11 is 1.49. The molecule has 2 atom stereocenters. The molecule has 1 aliphatic heterocycles. The molecule has 5 heteroatoms. The van der Waals surface area contributed by atoms with E-state index < -0.39 is 0 Å². The van der Waals surface area contributed by atoms with E-state index in [0.29, 0.717) is 16.6 Å². The lowest BCUT2D eigenvalue weighted by atomic mass is 9.92. The average molecular weight is 277 g/mol. The number of carbonyl (C=O) groups is 1. The van der Waals surface area contributed by atoms with Gasteiger partial charge in [0.25, 0.3) is 0 Å². The monoisotopic (exact) mass is 277 g/mol. The van der Waals surface area contributed by atoms with Crippen LogP contribution in [0.1, 0.15) is 35.8 Å². The topological polar surface area (TPSA) is 64.9 Å². The van der Waals surface area contributed by atoms with Gasteiger partial charge in [-0.1, -0.05) is 0 Å². The summed E-state index contributed by atoms with van der Waals surface area (Å²) in [7, 11) is 0. The first-order valence-corrected chi connectivity index (χ1v) is 7.39. The smallest absolute Gasteiger partial charge is 0.228 e. The number of aryl methyl sites for hydroxylation is 1. The fraction of sp³-hybridized carbons (Fsp3) is 0.571. The number of carbonyl (C=O) groups excluding carboxylic acids is 1. The van der Waals surface area contributed by atoms with Crippen molar-refractivity contribution in [3.63, 3.8) is 0 Å². The Morgan fingerprint density at radius 2 is 2.26 bits per heavy atom. The van der Waals surface area contributed by atoms with Crippen LogP contribution in [0, 0.1) is 31.1 Å². The summed E-state index contributed by atoms with van der Waals surface area (Å²) in [4.78, 5) is 13.3. The molecule has 1 aromatic heterocycles. The highest BCUT2D eigenvalue weighted by atomic mass is 32.1. The molecule has 2 unspecified atom stereocenters. The minimum Gasteiger partial charge on any atom is -0.316 e. The Hall–Kier alpha value is -1.38. The molecular weight excluding hydrogens is 258 g/mol. The van der Waals surface area contributed by atoms with Gasteiger partial charge in [0.1, 0.15) is 11.1 Å². The normalized spacial score (nSPS) is 22.8. The number of nitrogens with zero attached hydrogens (tertiary/aromatic N) is 1. The summed E-state index contributed by atoms with van der Waals surface area (Å²) in [6.45, 7) is 6.88. The third-order valence-corrected chi connectivity index (χ3v) is 4.85. The first-order valence-electron chi connectivity index (χ1n) is 6.57. The molecule has 0 saturated carbocycles. The molecule has 2 rings (SSSR count). The minimum atomic E-state index is 0.0468. The number of hydrogen-bond acceptors (Lipinski definition) is 4. The molecule has 0 radical (unpaired) electrons. The van der Waals surface area contributed by atoms with Gasteiger partial charge in [-0.25, -0.2) is 0 Å². The van der Waals surface area contributed by atoms with Crippen molar-refractivity contribution in [2.75, 3.05) is 11.9 Å². The predicted molar refractivity (Wildman–Crippen MR) is 77.3 cm³/mol. The molecule has 0 aliphatic carbocycles. The molecule has 2 N–H and O–H groups in total. The maximum Gasteiger partial charge on any atom is 0.228 e. The van der Waals surface area contributed by atoms with Crippen LogP contribution in [0.15, 0.2) is 0 Å². The Labute approximate surface area is 117 Å². The summed E-state index contributed by atoms with van der Waals surface area (Å²) in [6.07, 6.45) is 1.72. The summed E-state index contributed by atoms with van der Waals surface area (Å²) < 4.78 is 0. The van der Waals surface area contributed by atoms with E-state index in [9.17, 15) is 10.1 Å². The van der Waals surface area contributed by atoms with E-state index in [0.717, 1.165) is 29.8 Å². The van der Waals surface area contributed by atoms with Gasteiger partial charge in [0.2, 0.25) is 5.91 Å². The lowest BCUT2D eigenvalue weighted by Crippen LogP contribution is -2.40. The first kappa shape index (κ1) is 14.0. The average Bonchev–Trinajstić information content (AvgIpc) is 2.64. The van der Waals surface area contributed by atoms with Gasteiger partial charge in [0.15, 0.2) is 0 Å². The highest BCUT2D eigenvalue weighted by Crippen LogP contribution is 2.32. The number of piperidine rings is 1. The van der Waals surface area contributed by atoms with Crippen LogP contribution in [0.2, 0.25) is 0 Å². The highest BCUT2D eigenvalue weighted by molar-refractivity contribution is 7.16. The zero-order valence-electron chi connectivity index (χ0n) is 11.5. The van der Waals surface area contributed by atoms with E-state index in [-0.39, 0.29) is 11.8 Å². The largest absolute Gasteiger partial charge is 0.316 e. The SMILES string of the molecule is Cc1sc(NC(=O)C2CCNC(C)C2)c(C#N)c1C. The molecule has 0 aromatic carbocycles. The number of rotatable bonds is 2. The lowest BCUT2D eigenvalue weighted by Gasteiger charge is -2.26. The van der Waals surface area contributed by atoms with E-state index in [2.05, 4.69) is 23.6 Å². The number of thiophene rings is 1. The molecule has 102 valence electrons. The van der Waals surface area contributed by atoms with Crippen LogP contribution >= 0.6 is 11.3 Å². The van der Waals surface area contributed by atoms with Crippen LogP contribution in [0.3, 0.4) is 0 Å². The van der Waals surface area contributed by atoms with Gasteiger partial charge in [0.05, 0.1) is 5.56 Å². The molecule has 1 fully saturated rings. The number of anilines is 1. The summed E-state index contributed by atoms with van der Waals surface area (Å²) in [5, 5.41) is 16.2. The molecule has 0 bridgehead atoms. The van der Waals surface area contributed by atoms with E-state index in [1.807, 2.05) is 13.8 Å². The van der Waals surface area contributed by atoms with Crippen LogP contribution in [0.5, 0.6) is 0 Å². The van der Waals surface area contributed by atoms with Gasteiger partial charge in [-0.3, -0.25) is 4.79 Å². The first-order chi connectivity index (χ1) is 9.02. The lowest BCUT2D eigenvalue weighted by molar-refractivity contribution is -0.120. The van der Waals surface area contributed by atoms with Gasteiger partial charge >= 0.3 is 0 Å². The number of amides is 1. The molecule has 1 saturated heterocycles. The van der Waals surface area contributed by atoms with Crippen LogP contribution in [-0.4, -0.2) is 18.5 Å². The third-order valence-electron chi connectivity index (χ3n) is 3.73. The summed E-state index contributed by atoms with van der Waals surface area (Å²) in [5.74, 6) is 0.0941. The van der Waals surface area contributed by atoms with Crippen molar-refractivity contribution in [2.24, 2.45) is 5.92 Å². The Morgan fingerprint density at radius 3 is 2.89 bits per heavy atom. The number of nitrogens with one attached hydrogen (secondary N) is 2. The zero-order valence-corrected chi connectivity index (χ0v) is 12.4. The molecule has 4 nitrogen and oxygen atoms in total. The second kappa shape index (κ2) is 5.72. The Bertz CT molecular complexity index is 530. The van der Waals surface area contributed by atoms with Gasteiger partial charge in [-0.2, -0.15) is 5.26 Å². The molecule has 0 spiro atoms. The fourth-order valence-electron chi connectivity index (χ4n) is 2.43. The van der Waals surface area contributed by atoms with E-state index in [1.165, 1.54) is 11.3 Å². The maximum atomic E-state index is 12.3. The minimum absolute atomic E-state index is 0.0468. The van der Waals surface area contributed by atoms with Crippen molar-refractivity contribution in [3.8, 4) is 6.07 Å². The van der Waals surface area contributed by atoms with Gasteiger partial charge < -0.3 is 10.6 Å². The van der Waals surface area contributed by atoms with Crippen molar-refractivity contribution < 1.29 is 4.79 Å². The van der Waals surface area contributed by atoms with Crippen molar-refractivity contribution in [3.05, 3.63) is 16.0 Å². The molecule has 2 heterocycles.